The summed E-state index contributed by atoms with van der Waals surface area (Å²) >= 11 is 0. The third-order valence-electron chi connectivity index (χ3n) is 3.38. The summed E-state index contributed by atoms with van der Waals surface area (Å²) in [6.07, 6.45) is 1.82. The molecule has 0 aromatic carbocycles. The fourth-order valence-electron chi connectivity index (χ4n) is 2.40. The zero-order valence-corrected chi connectivity index (χ0v) is 10.9. The van der Waals surface area contributed by atoms with Crippen LogP contribution in [0, 0.1) is 0 Å². The maximum Gasteiger partial charge on any atom is 0.371 e. The summed E-state index contributed by atoms with van der Waals surface area (Å²) in [5, 5.41) is 12.0. The van der Waals surface area contributed by atoms with Crippen LogP contribution in [0.3, 0.4) is 0 Å². The highest BCUT2D eigenvalue weighted by Crippen LogP contribution is 2.17. The zero-order valence-electron chi connectivity index (χ0n) is 10.9. The van der Waals surface area contributed by atoms with E-state index in [1.165, 1.54) is 12.1 Å². The smallest absolute Gasteiger partial charge is 0.371 e. The van der Waals surface area contributed by atoms with Gasteiger partial charge in [-0.25, -0.2) is 4.79 Å². The summed E-state index contributed by atoms with van der Waals surface area (Å²) in [6, 6.07) is 2.93. The first-order valence-electron chi connectivity index (χ1n) is 6.48. The Labute approximate surface area is 111 Å². The molecule has 0 bridgehead atoms. The number of piperidine rings is 1. The molecule has 6 nitrogen and oxygen atoms in total. The summed E-state index contributed by atoms with van der Waals surface area (Å²) in [5.41, 5.74) is 0. The van der Waals surface area contributed by atoms with Gasteiger partial charge < -0.3 is 19.7 Å². The molecule has 1 fully saturated rings. The molecule has 1 aromatic rings. The predicted octanol–water partition coefficient (Wildman–Crippen LogP) is 1.19. The molecule has 104 valence electrons. The molecule has 1 saturated heterocycles. The molecule has 1 aliphatic rings. The van der Waals surface area contributed by atoms with Crippen LogP contribution in [0.4, 0.5) is 0 Å². The Morgan fingerprint density at radius 2 is 2.00 bits per heavy atom. The highest BCUT2D eigenvalue weighted by Gasteiger charge is 2.27. The SMILES string of the molecule is CCN(C(=O)c1ccc(C(=O)O)o1)C1CCNCC1. The number of furan rings is 1. The first-order valence-corrected chi connectivity index (χ1v) is 6.48. The Bertz CT molecular complexity index is 463. The highest BCUT2D eigenvalue weighted by atomic mass is 16.4. The van der Waals surface area contributed by atoms with Crippen molar-refractivity contribution in [2.75, 3.05) is 19.6 Å². The van der Waals surface area contributed by atoms with E-state index in [0.29, 0.717) is 6.54 Å². The molecule has 1 aromatic heterocycles. The van der Waals surface area contributed by atoms with E-state index in [1.807, 2.05) is 6.92 Å². The number of aromatic carboxylic acids is 1. The van der Waals surface area contributed by atoms with Crippen molar-refractivity contribution in [2.24, 2.45) is 0 Å². The Kier molecular flexibility index (Phi) is 4.21. The molecule has 0 aliphatic carbocycles. The lowest BCUT2D eigenvalue weighted by atomic mass is 10.0. The van der Waals surface area contributed by atoms with Crippen molar-refractivity contribution in [1.29, 1.82) is 0 Å². The minimum Gasteiger partial charge on any atom is -0.475 e. The Morgan fingerprint density at radius 3 is 2.53 bits per heavy atom. The molecular formula is C13H18N2O4. The van der Waals surface area contributed by atoms with Gasteiger partial charge in [0.05, 0.1) is 0 Å². The number of carbonyl (C=O) groups excluding carboxylic acids is 1. The van der Waals surface area contributed by atoms with Gasteiger partial charge in [-0.2, -0.15) is 0 Å². The number of nitrogens with zero attached hydrogens (tertiary/aromatic N) is 1. The predicted molar refractivity (Wildman–Crippen MR) is 68.3 cm³/mol. The van der Waals surface area contributed by atoms with Gasteiger partial charge >= 0.3 is 5.97 Å². The molecule has 0 spiro atoms. The monoisotopic (exact) mass is 266 g/mol. The molecule has 2 N–H and O–H groups in total. The fraction of sp³-hybridized carbons (Fsp3) is 0.538. The van der Waals surface area contributed by atoms with E-state index in [2.05, 4.69) is 5.32 Å². The van der Waals surface area contributed by atoms with Gasteiger partial charge in [0, 0.05) is 12.6 Å². The average molecular weight is 266 g/mol. The largest absolute Gasteiger partial charge is 0.475 e. The number of amides is 1. The van der Waals surface area contributed by atoms with Crippen molar-refractivity contribution in [2.45, 2.75) is 25.8 Å². The minimum absolute atomic E-state index is 0.0952. The van der Waals surface area contributed by atoms with Gasteiger partial charge in [0.1, 0.15) is 0 Å². The number of carboxylic acid groups (broad SMARTS) is 1. The molecule has 1 aliphatic heterocycles. The van der Waals surface area contributed by atoms with Crippen LogP contribution in [0.25, 0.3) is 0 Å². The van der Waals surface area contributed by atoms with Crippen molar-refractivity contribution in [1.82, 2.24) is 10.2 Å². The summed E-state index contributed by atoms with van der Waals surface area (Å²) in [6.45, 7) is 4.30. The molecule has 0 atom stereocenters. The number of hydrogen-bond acceptors (Lipinski definition) is 4. The van der Waals surface area contributed by atoms with E-state index in [-0.39, 0.29) is 23.5 Å². The maximum absolute atomic E-state index is 12.3. The summed E-state index contributed by atoms with van der Waals surface area (Å²) in [5.74, 6) is -1.51. The van der Waals surface area contributed by atoms with E-state index in [0.717, 1.165) is 25.9 Å². The van der Waals surface area contributed by atoms with Crippen LogP contribution in [0.5, 0.6) is 0 Å². The van der Waals surface area contributed by atoms with Crippen molar-refractivity contribution in [3.63, 3.8) is 0 Å². The van der Waals surface area contributed by atoms with E-state index in [4.69, 9.17) is 9.52 Å². The normalized spacial score (nSPS) is 16.3. The fourth-order valence-corrected chi connectivity index (χ4v) is 2.40. The quantitative estimate of drug-likeness (QED) is 0.855. The van der Waals surface area contributed by atoms with Gasteiger partial charge in [-0.1, -0.05) is 0 Å². The Hall–Kier alpha value is -1.82. The third-order valence-corrected chi connectivity index (χ3v) is 3.38. The number of carbonyl (C=O) groups is 2. The Balaban J connectivity index is 2.12. The van der Waals surface area contributed by atoms with E-state index < -0.39 is 5.97 Å². The number of hydrogen-bond donors (Lipinski definition) is 2. The molecule has 2 rings (SSSR count). The van der Waals surface area contributed by atoms with Crippen LogP contribution in [-0.2, 0) is 0 Å². The molecule has 0 unspecified atom stereocenters. The van der Waals surface area contributed by atoms with Gasteiger partial charge in [0.15, 0.2) is 5.76 Å². The topological polar surface area (TPSA) is 82.8 Å². The van der Waals surface area contributed by atoms with Crippen LogP contribution >= 0.6 is 0 Å². The summed E-state index contributed by atoms with van der Waals surface area (Å²) < 4.78 is 5.07. The first-order chi connectivity index (χ1) is 9.13. The molecule has 6 heteroatoms. The second kappa shape index (κ2) is 5.88. The van der Waals surface area contributed by atoms with Crippen molar-refractivity contribution >= 4 is 11.9 Å². The second-order valence-corrected chi connectivity index (χ2v) is 4.54. The first kappa shape index (κ1) is 13.6. The zero-order chi connectivity index (χ0) is 13.8. The third kappa shape index (κ3) is 2.96. The van der Waals surface area contributed by atoms with Gasteiger partial charge in [-0.3, -0.25) is 4.79 Å². The second-order valence-electron chi connectivity index (χ2n) is 4.54. The minimum atomic E-state index is -1.16. The average Bonchev–Trinajstić information content (AvgIpc) is 2.90. The van der Waals surface area contributed by atoms with Crippen molar-refractivity contribution < 1.29 is 19.1 Å². The van der Waals surface area contributed by atoms with Crippen LogP contribution in [-0.4, -0.2) is 47.6 Å². The lowest BCUT2D eigenvalue weighted by Gasteiger charge is -2.33. The maximum atomic E-state index is 12.3. The number of nitrogens with one attached hydrogen (secondary N) is 1. The van der Waals surface area contributed by atoms with E-state index in [1.54, 1.807) is 4.90 Å². The van der Waals surface area contributed by atoms with Gasteiger partial charge in [-0.15, -0.1) is 0 Å². The molecular weight excluding hydrogens is 248 g/mol. The van der Waals surface area contributed by atoms with Gasteiger partial charge in [0.25, 0.3) is 5.91 Å². The van der Waals surface area contributed by atoms with E-state index in [9.17, 15) is 9.59 Å². The van der Waals surface area contributed by atoms with Crippen LogP contribution in [0.1, 0.15) is 40.9 Å². The summed E-state index contributed by atoms with van der Waals surface area (Å²) in [4.78, 5) is 24.8. The lowest BCUT2D eigenvalue weighted by Crippen LogP contribution is -2.45. The number of rotatable bonds is 4. The molecule has 0 saturated carbocycles. The van der Waals surface area contributed by atoms with Crippen molar-refractivity contribution in [3.05, 3.63) is 23.7 Å². The van der Waals surface area contributed by atoms with Crippen LogP contribution < -0.4 is 5.32 Å². The molecule has 2 heterocycles. The molecule has 19 heavy (non-hydrogen) atoms. The van der Waals surface area contributed by atoms with E-state index >= 15 is 0 Å². The van der Waals surface area contributed by atoms with Crippen molar-refractivity contribution in [3.8, 4) is 0 Å². The molecule has 1 amide bonds. The highest BCUT2D eigenvalue weighted by molar-refractivity contribution is 5.93. The van der Waals surface area contributed by atoms with Gasteiger partial charge in [0.2, 0.25) is 5.76 Å². The summed E-state index contributed by atoms with van der Waals surface area (Å²) in [7, 11) is 0. The molecule has 0 radical (unpaired) electrons. The van der Waals surface area contributed by atoms with Gasteiger partial charge in [-0.05, 0) is 45.0 Å². The van der Waals surface area contributed by atoms with Crippen LogP contribution in [0.15, 0.2) is 16.5 Å². The standard InChI is InChI=1S/C13H18N2O4/c1-2-15(9-5-7-14-8-6-9)12(16)10-3-4-11(19-10)13(17)18/h3-4,9,14H,2,5-8H2,1H3,(H,17,18). The number of carboxylic acids is 1. The lowest BCUT2D eigenvalue weighted by molar-refractivity contribution is 0.0606. The Morgan fingerprint density at radius 1 is 1.37 bits per heavy atom. The van der Waals surface area contributed by atoms with Crippen LogP contribution in [0.2, 0.25) is 0 Å².